The number of Topliss-reactive ketones (excluding diaryl/α,β-unsaturated/α-hetero) is 1. The first kappa shape index (κ1) is 11.2. The third-order valence-electron chi connectivity index (χ3n) is 2.83. The SMILES string of the molecule is O=C1CCCC(O)=C1Cc1ccccc1Cl. The highest BCUT2D eigenvalue weighted by Crippen LogP contribution is 2.25. The Morgan fingerprint density at radius 1 is 1.25 bits per heavy atom. The highest BCUT2D eigenvalue weighted by Gasteiger charge is 2.20. The van der Waals surface area contributed by atoms with Crippen LogP contribution >= 0.6 is 11.6 Å². The van der Waals surface area contributed by atoms with Gasteiger partial charge in [-0.1, -0.05) is 29.8 Å². The predicted molar refractivity (Wildman–Crippen MR) is 63.7 cm³/mol. The summed E-state index contributed by atoms with van der Waals surface area (Å²) >= 11 is 6.02. The molecule has 0 fully saturated rings. The van der Waals surface area contributed by atoms with E-state index in [1.807, 2.05) is 18.2 Å². The van der Waals surface area contributed by atoms with Crippen LogP contribution in [0.4, 0.5) is 0 Å². The molecule has 1 aromatic carbocycles. The summed E-state index contributed by atoms with van der Waals surface area (Å²) in [4.78, 5) is 11.7. The van der Waals surface area contributed by atoms with Crippen molar-refractivity contribution in [2.75, 3.05) is 0 Å². The van der Waals surface area contributed by atoms with Gasteiger partial charge in [0.1, 0.15) is 0 Å². The van der Waals surface area contributed by atoms with E-state index in [0.29, 0.717) is 29.9 Å². The number of ketones is 1. The van der Waals surface area contributed by atoms with Crippen LogP contribution in [0, 0.1) is 0 Å². The zero-order valence-corrected chi connectivity index (χ0v) is 9.63. The van der Waals surface area contributed by atoms with E-state index >= 15 is 0 Å². The second-order valence-electron chi connectivity index (χ2n) is 3.97. The number of aliphatic hydroxyl groups excluding tert-OH is 1. The lowest BCUT2D eigenvalue weighted by Gasteiger charge is -2.15. The maximum atomic E-state index is 11.7. The first-order valence-corrected chi connectivity index (χ1v) is 5.74. The van der Waals surface area contributed by atoms with Crippen molar-refractivity contribution in [3.05, 3.63) is 46.2 Å². The molecule has 0 atom stereocenters. The number of aliphatic hydroxyl groups is 1. The van der Waals surface area contributed by atoms with E-state index in [0.717, 1.165) is 12.0 Å². The summed E-state index contributed by atoms with van der Waals surface area (Å²) in [6.45, 7) is 0. The molecule has 0 saturated heterocycles. The molecule has 0 amide bonds. The van der Waals surface area contributed by atoms with Crippen molar-refractivity contribution in [1.82, 2.24) is 0 Å². The fraction of sp³-hybridized carbons (Fsp3) is 0.308. The topological polar surface area (TPSA) is 37.3 Å². The molecule has 3 heteroatoms. The summed E-state index contributed by atoms with van der Waals surface area (Å²) in [5.41, 5.74) is 1.42. The van der Waals surface area contributed by atoms with Crippen LogP contribution in [0.25, 0.3) is 0 Å². The third-order valence-corrected chi connectivity index (χ3v) is 3.20. The lowest BCUT2D eigenvalue weighted by atomic mass is 9.91. The summed E-state index contributed by atoms with van der Waals surface area (Å²) in [6, 6.07) is 7.40. The summed E-state index contributed by atoms with van der Waals surface area (Å²) in [5, 5.41) is 10.3. The van der Waals surface area contributed by atoms with Crippen LogP contribution in [0.1, 0.15) is 24.8 Å². The van der Waals surface area contributed by atoms with Gasteiger partial charge in [0.05, 0.1) is 5.76 Å². The van der Waals surface area contributed by atoms with Gasteiger partial charge in [-0.25, -0.2) is 0 Å². The van der Waals surface area contributed by atoms with Crippen molar-refractivity contribution in [2.24, 2.45) is 0 Å². The smallest absolute Gasteiger partial charge is 0.162 e. The van der Waals surface area contributed by atoms with Gasteiger partial charge in [-0.2, -0.15) is 0 Å². The zero-order valence-electron chi connectivity index (χ0n) is 8.87. The molecule has 2 nitrogen and oxygen atoms in total. The Hall–Kier alpha value is -1.28. The van der Waals surface area contributed by atoms with E-state index in [-0.39, 0.29) is 11.5 Å². The Bertz CT molecular complexity index is 449. The Morgan fingerprint density at radius 2 is 2.00 bits per heavy atom. The quantitative estimate of drug-likeness (QED) is 0.854. The first-order valence-electron chi connectivity index (χ1n) is 5.36. The molecule has 1 aliphatic rings. The van der Waals surface area contributed by atoms with Crippen molar-refractivity contribution in [1.29, 1.82) is 0 Å². The first-order chi connectivity index (χ1) is 7.68. The summed E-state index contributed by atoms with van der Waals surface area (Å²) in [5.74, 6) is 0.278. The van der Waals surface area contributed by atoms with Crippen LogP contribution in [0.2, 0.25) is 5.02 Å². The Balaban J connectivity index is 2.27. The average Bonchev–Trinajstić information content (AvgIpc) is 2.26. The monoisotopic (exact) mass is 236 g/mol. The zero-order chi connectivity index (χ0) is 11.5. The van der Waals surface area contributed by atoms with Gasteiger partial charge in [-0.3, -0.25) is 4.79 Å². The molecular weight excluding hydrogens is 224 g/mol. The third kappa shape index (κ3) is 2.27. The van der Waals surface area contributed by atoms with Crippen molar-refractivity contribution in [3.63, 3.8) is 0 Å². The Kier molecular flexibility index (Phi) is 3.30. The van der Waals surface area contributed by atoms with Crippen molar-refractivity contribution >= 4 is 17.4 Å². The minimum Gasteiger partial charge on any atom is -0.512 e. The molecule has 0 heterocycles. The van der Waals surface area contributed by atoms with Crippen molar-refractivity contribution in [2.45, 2.75) is 25.7 Å². The van der Waals surface area contributed by atoms with Gasteiger partial charge in [0.25, 0.3) is 0 Å². The van der Waals surface area contributed by atoms with Gasteiger partial charge in [0, 0.05) is 29.9 Å². The Morgan fingerprint density at radius 3 is 2.69 bits per heavy atom. The molecule has 1 N–H and O–H groups in total. The maximum absolute atomic E-state index is 11.7. The Labute approximate surface area is 99.5 Å². The molecule has 84 valence electrons. The number of rotatable bonds is 2. The molecule has 2 rings (SSSR count). The van der Waals surface area contributed by atoms with Gasteiger partial charge in [0.15, 0.2) is 5.78 Å². The molecule has 0 unspecified atom stereocenters. The fourth-order valence-corrected chi connectivity index (χ4v) is 2.11. The second kappa shape index (κ2) is 4.71. The average molecular weight is 237 g/mol. The second-order valence-corrected chi connectivity index (χ2v) is 4.38. The number of allylic oxidation sites excluding steroid dienone is 2. The largest absolute Gasteiger partial charge is 0.512 e. The molecule has 1 aromatic rings. The van der Waals surface area contributed by atoms with E-state index in [1.165, 1.54) is 0 Å². The molecule has 0 aromatic heterocycles. The van der Waals surface area contributed by atoms with E-state index < -0.39 is 0 Å². The number of hydrogen-bond acceptors (Lipinski definition) is 2. The number of hydrogen-bond donors (Lipinski definition) is 1. The van der Waals surface area contributed by atoms with Gasteiger partial charge >= 0.3 is 0 Å². The molecule has 0 aliphatic heterocycles. The van der Waals surface area contributed by atoms with Crippen LogP contribution in [0.3, 0.4) is 0 Å². The molecular formula is C13H13ClO2. The van der Waals surface area contributed by atoms with Crippen LogP contribution in [0.15, 0.2) is 35.6 Å². The van der Waals surface area contributed by atoms with Gasteiger partial charge in [0.2, 0.25) is 0 Å². The van der Waals surface area contributed by atoms with E-state index in [4.69, 9.17) is 11.6 Å². The van der Waals surface area contributed by atoms with Crippen LogP contribution < -0.4 is 0 Å². The maximum Gasteiger partial charge on any atom is 0.162 e. The van der Waals surface area contributed by atoms with Gasteiger partial charge in [-0.15, -0.1) is 0 Å². The number of carbonyl (C=O) groups excluding carboxylic acids is 1. The minimum absolute atomic E-state index is 0.0451. The predicted octanol–water partition coefficient (Wildman–Crippen LogP) is 3.45. The van der Waals surface area contributed by atoms with Crippen LogP contribution in [0.5, 0.6) is 0 Å². The molecule has 0 bridgehead atoms. The van der Waals surface area contributed by atoms with Gasteiger partial charge in [-0.05, 0) is 18.1 Å². The number of benzene rings is 1. The summed E-state index contributed by atoms with van der Waals surface area (Å²) < 4.78 is 0. The number of halogens is 1. The number of carbonyl (C=O) groups is 1. The highest BCUT2D eigenvalue weighted by molar-refractivity contribution is 6.31. The normalized spacial score (nSPS) is 16.7. The van der Waals surface area contributed by atoms with E-state index in [1.54, 1.807) is 6.07 Å². The van der Waals surface area contributed by atoms with E-state index in [2.05, 4.69) is 0 Å². The molecule has 16 heavy (non-hydrogen) atoms. The minimum atomic E-state index is 0.0451. The molecule has 0 radical (unpaired) electrons. The standard InChI is InChI=1S/C13H13ClO2/c14-11-5-2-1-4-9(11)8-10-12(15)6-3-7-13(10)16/h1-2,4-5,15H,3,6-8H2. The van der Waals surface area contributed by atoms with Crippen LogP contribution in [-0.2, 0) is 11.2 Å². The highest BCUT2D eigenvalue weighted by atomic mass is 35.5. The lowest BCUT2D eigenvalue weighted by Crippen LogP contribution is -2.13. The lowest BCUT2D eigenvalue weighted by molar-refractivity contribution is -0.116. The molecule has 0 spiro atoms. The summed E-state index contributed by atoms with van der Waals surface area (Å²) in [6.07, 6.45) is 2.32. The molecule has 0 saturated carbocycles. The van der Waals surface area contributed by atoms with Crippen molar-refractivity contribution in [3.8, 4) is 0 Å². The fourth-order valence-electron chi connectivity index (χ4n) is 1.91. The molecule has 1 aliphatic carbocycles. The van der Waals surface area contributed by atoms with E-state index in [9.17, 15) is 9.90 Å². The summed E-state index contributed by atoms with van der Waals surface area (Å²) in [7, 11) is 0. The van der Waals surface area contributed by atoms with Crippen LogP contribution in [-0.4, -0.2) is 10.9 Å². The van der Waals surface area contributed by atoms with Crippen molar-refractivity contribution < 1.29 is 9.90 Å². The van der Waals surface area contributed by atoms with Gasteiger partial charge < -0.3 is 5.11 Å².